The van der Waals surface area contributed by atoms with Crippen LogP contribution in [-0.4, -0.2) is 47.8 Å². The highest BCUT2D eigenvalue weighted by molar-refractivity contribution is 7.47. The van der Waals surface area contributed by atoms with Crippen LogP contribution < -0.4 is 11.1 Å². The number of amides is 1. The predicted molar refractivity (Wildman–Crippen MR) is 217 cm³/mol. The zero-order chi connectivity index (χ0) is 37.5. The fourth-order valence-corrected chi connectivity index (χ4v) is 7.60. The molecule has 0 aromatic rings. The summed E-state index contributed by atoms with van der Waals surface area (Å²) in [6, 6.07) is -0.766. The molecule has 0 aromatic heterocycles. The van der Waals surface area contributed by atoms with Crippen molar-refractivity contribution in [1.29, 1.82) is 0 Å². The Balaban J connectivity index is 4.05. The first kappa shape index (κ1) is 50.5. The lowest BCUT2D eigenvalue weighted by Gasteiger charge is -2.25. The monoisotopic (exact) mass is 747 g/mol. The second kappa shape index (κ2) is 39.2. The number of hydrogen-bond donors (Lipinski definition) is 4. The summed E-state index contributed by atoms with van der Waals surface area (Å²) in [4.78, 5) is 22.7. The average molecular weight is 747 g/mol. The van der Waals surface area contributed by atoms with E-state index in [1.807, 2.05) is 0 Å². The number of aliphatic hydroxyl groups is 1. The largest absolute Gasteiger partial charge is 0.472 e. The van der Waals surface area contributed by atoms with Gasteiger partial charge >= 0.3 is 7.82 Å². The smallest absolute Gasteiger partial charge is 0.391 e. The predicted octanol–water partition coefficient (Wildman–Crippen LogP) is 12.2. The van der Waals surface area contributed by atoms with Gasteiger partial charge in [-0.05, 0) is 12.8 Å². The lowest BCUT2D eigenvalue weighted by Crippen LogP contribution is -2.46. The van der Waals surface area contributed by atoms with Gasteiger partial charge in [-0.2, -0.15) is 0 Å². The maximum absolute atomic E-state index is 12.8. The van der Waals surface area contributed by atoms with Crippen molar-refractivity contribution in [3.05, 3.63) is 0 Å². The molecule has 0 aliphatic carbocycles. The lowest BCUT2D eigenvalue weighted by molar-refractivity contribution is -0.123. The molecule has 0 fully saturated rings. The number of hydrogen-bond acceptors (Lipinski definition) is 6. The maximum atomic E-state index is 12.8. The topological polar surface area (TPSA) is 131 Å². The van der Waals surface area contributed by atoms with Gasteiger partial charge in [0.1, 0.15) is 0 Å². The molecule has 0 bridgehead atoms. The van der Waals surface area contributed by atoms with Crippen molar-refractivity contribution in [3.8, 4) is 0 Å². The zero-order valence-corrected chi connectivity index (χ0v) is 34.8. The Hall–Kier alpha value is -0.500. The Morgan fingerprint density at radius 2 is 0.902 bits per heavy atom. The van der Waals surface area contributed by atoms with Crippen LogP contribution in [0.2, 0.25) is 0 Å². The Kier molecular flexibility index (Phi) is 38.8. The Morgan fingerprint density at radius 3 is 1.25 bits per heavy atom. The van der Waals surface area contributed by atoms with E-state index in [2.05, 4.69) is 19.2 Å². The highest BCUT2D eigenvalue weighted by atomic mass is 31.2. The summed E-state index contributed by atoms with van der Waals surface area (Å²) in [5, 5.41) is 13.8. The summed E-state index contributed by atoms with van der Waals surface area (Å²) in [7, 11) is -4.31. The van der Waals surface area contributed by atoms with Crippen LogP contribution in [0.4, 0.5) is 0 Å². The number of carbonyl (C=O) groups excluding carboxylic acids is 1. The van der Waals surface area contributed by atoms with Gasteiger partial charge in [-0.15, -0.1) is 0 Å². The average Bonchev–Trinajstić information content (AvgIpc) is 3.12. The molecule has 0 rings (SSSR count). The molecule has 3 unspecified atom stereocenters. The van der Waals surface area contributed by atoms with Gasteiger partial charge < -0.3 is 21.1 Å². The molecule has 5 N–H and O–H groups in total. The molecule has 0 saturated carbocycles. The van der Waals surface area contributed by atoms with Gasteiger partial charge in [-0.1, -0.05) is 213 Å². The lowest BCUT2D eigenvalue weighted by atomic mass is 10.0. The van der Waals surface area contributed by atoms with Gasteiger partial charge in [0.25, 0.3) is 0 Å². The Morgan fingerprint density at radius 1 is 0.569 bits per heavy atom. The summed E-state index contributed by atoms with van der Waals surface area (Å²) >= 11 is 0. The van der Waals surface area contributed by atoms with E-state index in [0.29, 0.717) is 12.8 Å². The van der Waals surface area contributed by atoms with Crippen molar-refractivity contribution in [2.45, 2.75) is 244 Å². The maximum Gasteiger partial charge on any atom is 0.472 e. The number of nitrogens with one attached hydrogen (secondary N) is 1. The molecule has 0 spiro atoms. The number of rotatable bonds is 42. The number of carbonyl (C=O) groups is 1. The van der Waals surface area contributed by atoms with E-state index >= 15 is 0 Å². The third-order valence-electron chi connectivity index (χ3n) is 10.2. The summed E-state index contributed by atoms with van der Waals surface area (Å²) in [5.41, 5.74) is 5.38. The van der Waals surface area contributed by atoms with E-state index in [0.717, 1.165) is 38.5 Å². The fraction of sp³-hybridized carbons (Fsp3) is 0.976. The highest BCUT2D eigenvalue weighted by Gasteiger charge is 2.27. The Labute approximate surface area is 316 Å². The number of phosphoric acid groups is 1. The first-order valence-corrected chi connectivity index (χ1v) is 23.6. The van der Waals surface area contributed by atoms with E-state index < -0.39 is 20.0 Å². The van der Waals surface area contributed by atoms with Crippen molar-refractivity contribution >= 4 is 13.7 Å². The summed E-state index contributed by atoms with van der Waals surface area (Å²) < 4.78 is 22.2. The number of aliphatic hydroxyl groups excluding tert-OH is 1. The molecule has 1 amide bonds. The van der Waals surface area contributed by atoms with Crippen LogP contribution in [0.5, 0.6) is 0 Å². The van der Waals surface area contributed by atoms with Gasteiger partial charge in [0.2, 0.25) is 5.91 Å². The van der Waals surface area contributed by atoms with Crippen LogP contribution >= 0.6 is 7.82 Å². The van der Waals surface area contributed by atoms with Gasteiger partial charge in [0.05, 0.1) is 25.4 Å². The quantitative estimate of drug-likeness (QED) is 0.0361. The van der Waals surface area contributed by atoms with Crippen LogP contribution in [-0.2, 0) is 18.4 Å². The minimum absolute atomic E-state index is 0.0924. The van der Waals surface area contributed by atoms with E-state index in [1.165, 1.54) is 167 Å². The van der Waals surface area contributed by atoms with E-state index in [9.17, 15) is 19.4 Å². The molecule has 0 heterocycles. The van der Waals surface area contributed by atoms with Gasteiger partial charge in [-0.25, -0.2) is 4.57 Å². The number of nitrogens with two attached hydrogens (primary N) is 1. The van der Waals surface area contributed by atoms with E-state index in [-0.39, 0.29) is 25.7 Å². The van der Waals surface area contributed by atoms with Crippen molar-refractivity contribution < 1.29 is 28.4 Å². The van der Waals surface area contributed by atoms with Crippen LogP contribution in [0.15, 0.2) is 0 Å². The van der Waals surface area contributed by atoms with Crippen molar-refractivity contribution in [1.82, 2.24) is 5.32 Å². The summed E-state index contributed by atoms with van der Waals surface area (Å²) in [6.45, 7) is 4.23. The standard InChI is InChI=1S/C42H87N2O6P/c1-3-5-7-9-11-13-15-17-18-19-20-21-22-23-24-26-28-30-32-34-36-42(46)44-40(39-50-51(47,48)49-38-37-43)41(45)35-33-31-29-27-25-16-14-12-10-8-6-4-2/h40-41,45H,3-39,43H2,1-2H3,(H,44,46)(H,47,48). The molecule has 0 saturated heterocycles. The molecule has 3 atom stereocenters. The molecule has 0 radical (unpaired) electrons. The van der Waals surface area contributed by atoms with Crippen LogP contribution in [0.25, 0.3) is 0 Å². The third kappa shape index (κ3) is 37.6. The first-order chi connectivity index (χ1) is 24.9. The number of phosphoric ester groups is 1. The van der Waals surface area contributed by atoms with Crippen molar-refractivity contribution in [2.24, 2.45) is 5.73 Å². The van der Waals surface area contributed by atoms with Gasteiger partial charge in [0, 0.05) is 13.0 Å². The van der Waals surface area contributed by atoms with Crippen molar-refractivity contribution in [3.63, 3.8) is 0 Å². The normalized spacial score (nSPS) is 14.1. The second-order valence-corrected chi connectivity index (χ2v) is 16.7. The summed E-state index contributed by atoms with van der Waals surface area (Å²) in [5.74, 6) is -0.157. The first-order valence-electron chi connectivity index (χ1n) is 22.2. The molecule has 0 aliphatic rings. The number of unbranched alkanes of at least 4 members (excludes halogenated alkanes) is 30. The molecule has 306 valence electrons. The van der Waals surface area contributed by atoms with Crippen LogP contribution in [0.3, 0.4) is 0 Å². The minimum atomic E-state index is -4.31. The van der Waals surface area contributed by atoms with E-state index in [1.54, 1.807) is 0 Å². The van der Waals surface area contributed by atoms with Crippen LogP contribution in [0, 0.1) is 0 Å². The molecular formula is C42H87N2O6P. The van der Waals surface area contributed by atoms with Crippen molar-refractivity contribution in [2.75, 3.05) is 19.8 Å². The molecule has 8 nitrogen and oxygen atoms in total. The molecule has 9 heteroatoms. The Bertz CT molecular complexity index is 774. The highest BCUT2D eigenvalue weighted by Crippen LogP contribution is 2.43. The summed E-state index contributed by atoms with van der Waals surface area (Å²) in [6.07, 6.45) is 41.1. The van der Waals surface area contributed by atoms with Gasteiger partial charge in [-0.3, -0.25) is 13.8 Å². The second-order valence-electron chi connectivity index (χ2n) is 15.3. The third-order valence-corrected chi connectivity index (χ3v) is 11.2. The minimum Gasteiger partial charge on any atom is -0.391 e. The molecule has 51 heavy (non-hydrogen) atoms. The molecule has 0 aromatic carbocycles. The SMILES string of the molecule is CCCCCCCCCCCCCCCCCCCCCCC(=O)NC(COP(=O)(O)OCCN)C(O)CCCCCCCCCCCCCC. The zero-order valence-electron chi connectivity index (χ0n) is 33.9. The molecular weight excluding hydrogens is 659 g/mol. The van der Waals surface area contributed by atoms with E-state index in [4.69, 9.17) is 14.8 Å². The van der Waals surface area contributed by atoms with Gasteiger partial charge in [0.15, 0.2) is 0 Å². The van der Waals surface area contributed by atoms with Crippen LogP contribution in [0.1, 0.15) is 232 Å². The molecule has 0 aliphatic heterocycles. The fourth-order valence-electron chi connectivity index (χ4n) is 6.84.